The highest BCUT2D eigenvalue weighted by Crippen LogP contribution is 2.19. The van der Waals surface area contributed by atoms with Crippen molar-refractivity contribution in [2.75, 3.05) is 0 Å². The number of halogens is 2. The van der Waals surface area contributed by atoms with E-state index in [9.17, 15) is 14.3 Å². The lowest BCUT2D eigenvalue weighted by Crippen LogP contribution is -2.17. The molecule has 6 heteroatoms. The van der Waals surface area contributed by atoms with Crippen LogP contribution in [-0.2, 0) is 0 Å². The number of nitrogens with one attached hydrogen (secondary N) is 1. The highest BCUT2D eigenvalue weighted by molar-refractivity contribution is 9.10. The van der Waals surface area contributed by atoms with Crippen molar-refractivity contribution in [3.05, 3.63) is 63.9 Å². The van der Waals surface area contributed by atoms with Gasteiger partial charge in [-0.25, -0.2) is 9.82 Å². The summed E-state index contributed by atoms with van der Waals surface area (Å²) in [5.41, 5.74) is 3.05. The molecule has 0 fully saturated rings. The van der Waals surface area contributed by atoms with Gasteiger partial charge in [-0.15, -0.1) is 0 Å². The minimum absolute atomic E-state index is 0.0491. The molecule has 0 saturated heterocycles. The zero-order chi connectivity index (χ0) is 14.5. The number of hydrogen-bond acceptors (Lipinski definition) is 3. The third kappa shape index (κ3) is 3.64. The molecule has 0 atom stereocenters. The van der Waals surface area contributed by atoms with Gasteiger partial charge in [0, 0.05) is 15.6 Å². The van der Waals surface area contributed by atoms with E-state index in [0.29, 0.717) is 11.1 Å². The number of rotatable bonds is 3. The third-order valence-electron chi connectivity index (χ3n) is 2.47. The molecule has 0 saturated carbocycles. The van der Waals surface area contributed by atoms with E-state index < -0.39 is 11.7 Å². The van der Waals surface area contributed by atoms with Gasteiger partial charge < -0.3 is 5.11 Å². The molecule has 0 aliphatic heterocycles. The zero-order valence-electron chi connectivity index (χ0n) is 10.2. The minimum atomic E-state index is -0.462. The molecule has 0 unspecified atom stereocenters. The first-order valence-electron chi connectivity index (χ1n) is 5.64. The van der Waals surface area contributed by atoms with E-state index in [1.165, 1.54) is 36.5 Å². The van der Waals surface area contributed by atoms with Crippen LogP contribution >= 0.6 is 15.9 Å². The largest absolute Gasteiger partial charge is 0.507 e. The summed E-state index contributed by atoms with van der Waals surface area (Å²) in [5.74, 6) is -0.826. The van der Waals surface area contributed by atoms with E-state index in [1.54, 1.807) is 12.1 Å². The number of amides is 1. The quantitative estimate of drug-likeness (QED) is 0.668. The van der Waals surface area contributed by atoms with E-state index in [0.717, 1.165) is 4.47 Å². The Hall–Kier alpha value is -2.21. The lowest BCUT2D eigenvalue weighted by Gasteiger charge is -2.01. The van der Waals surface area contributed by atoms with Gasteiger partial charge in [-0.2, -0.15) is 5.10 Å². The first kappa shape index (κ1) is 14.2. The second kappa shape index (κ2) is 6.29. The van der Waals surface area contributed by atoms with Crippen LogP contribution in [0.4, 0.5) is 4.39 Å². The van der Waals surface area contributed by atoms with Gasteiger partial charge >= 0.3 is 0 Å². The van der Waals surface area contributed by atoms with Crippen molar-refractivity contribution in [2.45, 2.75) is 0 Å². The molecule has 0 heterocycles. The average molecular weight is 337 g/mol. The molecule has 4 nitrogen and oxygen atoms in total. The minimum Gasteiger partial charge on any atom is -0.507 e. The van der Waals surface area contributed by atoms with Crippen molar-refractivity contribution < 1.29 is 14.3 Å². The summed E-state index contributed by atoms with van der Waals surface area (Å²) in [5, 5.41) is 13.3. The molecule has 1 amide bonds. The number of phenols is 1. The number of aromatic hydroxyl groups is 1. The first-order valence-corrected chi connectivity index (χ1v) is 6.43. The van der Waals surface area contributed by atoms with Crippen molar-refractivity contribution >= 4 is 28.1 Å². The maximum Gasteiger partial charge on any atom is 0.271 e. The maximum atomic E-state index is 12.7. The molecule has 0 aliphatic carbocycles. The Kier molecular flexibility index (Phi) is 4.47. The van der Waals surface area contributed by atoms with E-state index in [-0.39, 0.29) is 5.75 Å². The van der Waals surface area contributed by atoms with Gasteiger partial charge in [-0.3, -0.25) is 4.79 Å². The van der Waals surface area contributed by atoms with Crippen LogP contribution in [0.5, 0.6) is 5.75 Å². The Morgan fingerprint density at radius 3 is 2.65 bits per heavy atom. The van der Waals surface area contributed by atoms with Crippen LogP contribution in [0.2, 0.25) is 0 Å². The molecular formula is C14H10BrFN2O2. The highest BCUT2D eigenvalue weighted by atomic mass is 79.9. The van der Waals surface area contributed by atoms with E-state index in [4.69, 9.17) is 0 Å². The fraction of sp³-hybridized carbons (Fsp3) is 0. The Morgan fingerprint density at radius 2 is 1.95 bits per heavy atom. The van der Waals surface area contributed by atoms with Crippen molar-refractivity contribution in [1.29, 1.82) is 0 Å². The van der Waals surface area contributed by atoms with Crippen LogP contribution < -0.4 is 5.43 Å². The number of nitrogens with zero attached hydrogens (tertiary/aromatic N) is 1. The van der Waals surface area contributed by atoms with Crippen LogP contribution in [0.25, 0.3) is 0 Å². The van der Waals surface area contributed by atoms with Gasteiger partial charge in [0.25, 0.3) is 5.91 Å². The van der Waals surface area contributed by atoms with Crippen molar-refractivity contribution in [3.63, 3.8) is 0 Å². The molecule has 102 valence electrons. The Labute approximate surface area is 123 Å². The van der Waals surface area contributed by atoms with Crippen LogP contribution in [0, 0.1) is 5.82 Å². The summed E-state index contributed by atoms with van der Waals surface area (Å²) < 4.78 is 13.5. The summed E-state index contributed by atoms with van der Waals surface area (Å²) in [7, 11) is 0. The number of benzene rings is 2. The van der Waals surface area contributed by atoms with Crippen molar-refractivity contribution in [3.8, 4) is 5.75 Å². The average Bonchev–Trinajstić information content (AvgIpc) is 2.43. The molecule has 0 bridgehead atoms. The van der Waals surface area contributed by atoms with Gasteiger partial charge in [-0.05, 0) is 42.5 Å². The number of carbonyl (C=O) groups excluding carboxylic acids is 1. The summed E-state index contributed by atoms with van der Waals surface area (Å²) in [4.78, 5) is 11.7. The molecule has 0 aliphatic rings. The van der Waals surface area contributed by atoms with Gasteiger partial charge in [-0.1, -0.05) is 15.9 Å². The van der Waals surface area contributed by atoms with E-state index in [1.807, 2.05) is 0 Å². The first-order chi connectivity index (χ1) is 9.56. The molecule has 2 aromatic carbocycles. The molecule has 0 spiro atoms. The van der Waals surface area contributed by atoms with E-state index >= 15 is 0 Å². The number of phenolic OH excluding ortho intramolecular Hbond substituents is 1. The summed E-state index contributed by atoms with van der Waals surface area (Å²) in [6.45, 7) is 0. The summed E-state index contributed by atoms with van der Waals surface area (Å²) in [6, 6.07) is 9.95. The molecular weight excluding hydrogens is 327 g/mol. The summed E-state index contributed by atoms with van der Waals surface area (Å²) >= 11 is 3.26. The number of hydrogen-bond donors (Lipinski definition) is 2. The van der Waals surface area contributed by atoms with Crippen molar-refractivity contribution in [1.82, 2.24) is 5.43 Å². The molecule has 2 aromatic rings. The van der Waals surface area contributed by atoms with Gasteiger partial charge in [0.2, 0.25) is 0 Å². The number of carbonyl (C=O) groups is 1. The fourth-order valence-electron chi connectivity index (χ4n) is 1.46. The normalized spacial score (nSPS) is 10.7. The fourth-order valence-corrected chi connectivity index (χ4v) is 1.83. The Balaban J connectivity index is 2.04. The molecule has 2 N–H and O–H groups in total. The van der Waals surface area contributed by atoms with Crippen molar-refractivity contribution in [2.24, 2.45) is 5.10 Å². The lowest BCUT2D eigenvalue weighted by atomic mass is 10.2. The van der Waals surface area contributed by atoms with Crippen LogP contribution in [-0.4, -0.2) is 17.2 Å². The molecule has 20 heavy (non-hydrogen) atoms. The van der Waals surface area contributed by atoms with E-state index in [2.05, 4.69) is 26.5 Å². The lowest BCUT2D eigenvalue weighted by molar-refractivity contribution is 0.0955. The monoisotopic (exact) mass is 336 g/mol. The Morgan fingerprint density at radius 1 is 1.25 bits per heavy atom. The molecule has 0 radical (unpaired) electrons. The topological polar surface area (TPSA) is 61.7 Å². The standard InChI is InChI=1S/C14H10BrFN2O2/c15-11-3-6-13(19)10(7-11)8-17-18-14(20)9-1-4-12(16)5-2-9/h1-8,19H,(H,18,20)/b17-8+. The Bertz CT molecular complexity index is 657. The van der Waals surface area contributed by atoms with Gasteiger partial charge in [0.05, 0.1) is 6.21 Å². The number of hydrazone groups is 1. The second-order valence-corrected chi connectivity index (χ2v) is 4.82. The highest BCUT2D eigenvalue weighted by Gasteiger charge is 2.04. The molecule has 2 rings (SSSR count). The van der Waals surface area contributed by atoms with Gasteiger partial charge in [0.15, 0.2) is 0 Å². The zero-order valence-corrected chi connectivity index (χ0v) is 11.8. The maximum absolute atomic E-state index is 12.7. The smallest absolute Gasteiger partial charge is 0.271 e. The molecule has 0 aromatic heterocycles. The van der Waals surface area contributed by atoms with Crippen LogP contribution in [0.3, 0.4) is 0 Å². The predicted molar refractivity (Wildman–Crippen MR) is 77.3 cm³/mol. The van der Waals surface area contributed by atoms with Gasteiger partial charge in [0.1, 0.15) is 11.6 Å². The predicted octanol–water partition coefficient (Wildman–Crippen LogP) is 3.06. The van der Waals surface area contributed by atoms with Crippen LogP contribution in [0.15, 0.2) is 52.0 Å². The van der Waals surface area contributed by atoms with Crippen LogP contribution in [0.1, 0.15) is 15.9 Å². The second-order valence-electron chi connectivity index (χ2n) is 3.91. The summed E-state index contributed by atoms with van der Waals surface area (Å²) in [6.07, 6.45) is 1.32. The third-order valence-corrected chi connectivity index (χ3v) is 2.96. The SMILES string of the molecule is O=C(N/N=C/c1cc(Br)ccc1O)c1ccc(F)cc1.